The van der Waals surface area contributed by atoms with Gasteiger partial charge in [-0.05, 0) is 46.0 Å². The van der Waals surface area contributed by atoms with E-state index in [1.165, 1.54) is 4.31 Å². The number of hydrogen-bond acceptors (Lipinski definition) is 8. The average molecular weight is 410 g/mol. The van der Waals surface area contributed by atoms with Crippen molar-refractivity contribution >= 4 is 10.0 Å². The molecule has 1 aliphatic heterocycles. The van der Waals surface area contributed by atoms with Gasteiger partial charge in [-0.25, -0.2) is 8.42 Å². The van der Waals surface area contributed by atoms with Crippen molar-refractivity contribution in [2.24, 2.45) is 0 Å². The summed E-state index contributed by atoms with van der Waals surface area (Å²) in [5.41, 5.74) is -0.155. The molecular formula is C18H26N4O5S. The van der Waals surface area contributed by atoms with Crippen LogP contribution in [0.2, 0.25) is 0 Å². The fourth-order valence-corrected chi connectivity index (χ4v) is 5.87. The van der Waals surface area contributed by atoms with E-state index in [1.807, 2.05) is 0 Å². The minimum atomic E-state index is -3.73. The van der Waals surface area contributed by atoms with Gasteiger partial charge >= 0.3 is 0 Å². The highest BCUT2D eigenvalue weighted by molar-refractivity contribution is 7.89. The lowest BCUT2D eigenvalue weighted by molar-refractivity contribution is 0.128. The van der Waals surface area contributed by atoms with Crippen molar-refractivity contribution in [1.82, 2.24) is 19.6 Å². The molecule has 0 N–H and O–H groups in total. The van der Waals surface area contributed by atoms with Gasteiger partial charge in [0.2, 0.25) is 15.9 Å². The van der Waals surface area contributed by atoms with Gasteiger partial charge in [-0.3, -0.25) is 0 Å². The predicted octanol–water partition coefficient (Wildman–Crippen LogP) is 2.31. The molecule has 1 atom stereocenters. The van der Waals surface area contributed by atoms with Gasteiger partial charge in [0.05, 0.1) is 0 Å². The van der Waals surface area contributed by atoms with Crippen LogP contribution in [0.3, 0.4) is 0 Å². The van der Waals surface area contributed by atoms with Gasteiger partial charge in [-0.2, -0.15) is 9.29 Å². The Balaban J connectivity index is 1.67. The van der Waals surface area contributed by atoms with Gasteiger partial charge in [-0.1, -0.05) is 10.3 Å². The lowest BCUT2D eigenvalue weighted by atomic mass is 9.77. The first-order valence-corrected chi connectivity index (χ1v) is 11.1. The summed E-state index contributed by atoms with van der Waals surface area (Å²) in [6.07, 6.45) is 4.26. The van der Waals surface area contributed by atoms with E-state index in [4.69, 9.17) is 13.8 Å². The Morgan fingerprint density at radius 1 is 1.25 bits per heavy atom. The number of piperidine rings is 1. The molecule has 28 heavy (non-hydrogen) atoms. The fraction of sp³-hybridized carbons (Fsp3) is 0.722. The highest BCUT2D eigenvalue weighted by Gasteiger charge is 2.46. The average Bonchev–Trinajstić information content (AvgIpc) is 3.30. The fourth-order valence-electron chi connectivity index (χ4n) is 4.01. The lowest BCUT2D eigenvalue weighted by Gasteiger charge is -2.40. The van der Waals surface area contributed by atoms with E-state index in [1.54, 1.807) is 21.0 Å². The Morgan fingerprint density at radius 2 is 2.04 bits per heavy atom. The van der Waals surface area contributed by atoms with Crippen molar-refractivity contribution in [3.8, 4) is 0 Å². The largest absolute Gasteiger partial charge is 0.385 e. The van der Waals surface area contributed by atoms with Crippen LogP contribution in [0.15, 0.2) is 13.9 Å². The molecule has 2 aromatic heterocycles. The number of hydrogen-bond donors (Lipinski definition) is 0. The first kappa shape index (κ1) is 19.5. The van der Waals surface area contributed by atoms with Gasteiger partial charge in [0.15, 0.2) is 11.6 Å². The zero-order valence-corrected chi connectivity index (χ0v) is 17.3. The smallest absolute Gasteiger partial charge is 0.248 e. The van der Waals surface area contributed by atoms with E-state index in [2.05, 4.69) is 15.3 Å². The Bertz CT molecular complexity index is 930. The second kappa shape index (κ2) is 7.23. The van der Waals surface area contributed by atoms with Gasteiger partial charge in [-0.15, -0.1) is 0 Å². The minimum Gasteiger partial charge on any atom is -0.385 e. The van der Waals surface area contributed by atoms with E-state index < -0.39 is 15.4 Å². The Kier molecular flexibility index (Phi) is 5.05. The van der Waals surface area contributed by atoms with E-state index in [0.29, 0.717) is 55.1 Å². The summed E-state index contributed by atoms with van der Waals surface area (Å²) in [6, 6.07) is 0. The van der Waals surface area contributed by atoms with Crippen LogP contribution in [0.25, 0.3) is 0 Å². The highest BCUT2D eigenvalue weighted by atomic mass is 32.2. The van der Waals surface area contributed by atoms with Crippen LogP contribution in [0.4, 0.5) is 0 Å². The normalized spacial score (nSPS) is 24.0. The Morgan fingerprint density at radius 3 is 2.68 bits per heavy atom. The van der Waals surface area contributed by atoms with Crippen molar-refractivity contribution < 1.29 is 22.2 Å². The van der Waals surface area contributed by atoms with Crippen molar-refractivity contribution in [1.29, 1.82) is 0 Å². The maximum absolute atomic E-state index is 13.3. The quantitative estimate of drug-likeness (QED) is 0.683. The van der Waals surface area contributed by atoms with E-state index in [9.17, 15) is 8.42 Å². The van der Waals surface area contributed by atoms with E-state index in [-0.39, 0.29) is 11.4 Å². The topological polar surface area (TPSA) is 112 Å². The summed E-state index contributed by atoms with van der Waals surface area (Å²) in [6.45, 7) is 4.48. The SMILES string of the molecule is COCCC1(c2noc(C3CC3)n2)CCCN(S(=O)(=O)c2c(C)noc2C)C1. The number of methoxy groups -OCH3 is 1. The number of nitrogens with zero attached hydrogens (tertiary/aromatic N) is 4. The van der Waals surface area contributed by atoms with Gasteiger partial charge in [0.1, 0.15) is 10.6 Å². The van der Waals surface area contributed by atoms with Crippen LogP contribution < -0.4 is 0 Å². The number of aryl methyl sites for hydroxylation is 2. The summed E-state index contributed by atoms with van der Waals surface area (Å²) in [7, 11) is -2.09. The zero-order valence-electron chi connectivity index (χ0n) is 16.5. The van der Waals surface area contributed by atoms with Gasteiger partial charge in [0, 0.05) is 38.1 Å². The number of aromatic nitrogens is 3. The molecule has 2 aliphatic rings. The molecule has 1 saturated heterocycles. The van der Waals surface area contributed by atoms with Gasteiger partial charge < -0.3 is 13.8 Å². The molecule has 0 aromatic carbocycles. The van der Waals surface area contributed by atoms with Crippen LogP contribution in [0.5, 0.6) is 0 Å². The second-order valence-corrected chi connectivity index (χ2v) is 9.72. The number of sulfonamides is 1. The third kappa shape index (κ3) is 3.37. The molecule has 1 aliphatic carbocycles. The molecule has 9 nitrogen and oxygen atoms in total. The molecular weight excluding hydrogens is 384 g/mol. The first-order valence-electron chi connectivity index (χ1n) is 9.63. The molecule has 3 heterocycles. The molecule has 1 saturated carbocycles. The molecule has 0 spiro atoms. The maximum Gasteiger partial charge on any atom is 0.248 e. The van der Waals surface area contributed by atoms with Crippen LogP contribution in [-0.4, -0.2) is 54.8 Å². The molecule has 10 heteroatoms. The summed E-state index contributed by atoms with van der Waals surface area (Å²) in [5.74, 6) is 1.91. The van der Waals surface area contributed by atoms with Crippen molar-refractivity contribution in [2.45, 2.75) is 62.2 Å². The Labute approximate surface area is 164 Å². The summed E-state index contributed by atoms with van der Waals surface area (Å²) >= 11 is 0. The molecule has 4 rings (SSSR count). The van der Waals surface area contributed by atoms with Crippen LogP contribution in [-0.2, 0) is 20.2 Å². The zero-order chi connectivity index (χ0) is 19.9. The number of rotatable bonds is 7. The molecule has 2 aromatic rings. The predicted molar refractivity (Wildman–Crippen MR) is 98.4 cm³/mol. The van der Waals surface area contributed by atoms with E-state index >= 15 is 0 Å². The van der Waals surface area contributed by atoms with E-state index in [0.717, 1.165) is 19.3 Å². The monoisotopic (exact) mass is 410 g/mol. The lowest BCUT2D eigenvalue weighted by Crippen LogP contribution is -2.49. The standard InChI is InChI=1S/C18H26N4O5S/c1-12-15(13(2)26-20-12)28(23,24)22-9-4-7-18(11-22,8-10-25-3)17-19-16(27-21-17)14-5-6-14/h14H,4-11H2,1-3H3. The molecule has 154 valence electrons. The molecule has 0 radical (unpaired) electrons. The third-order valence-corrected chi connectivity index (χ3v) is 7.83. The van der Waals surface area contributed by atoms with Crippen molar-refractivity contribution in [2.75, 3.05) is 26.8 Å². The first-order chi connectivity index (χ1) is 13.4. The van der Waals surface area contributed by atoms with Crippen molar-refractivity contribution in [3.05, 3.63) is 23.2 Å². The van der Waals surface area contributed by atoms with Crippen LogP contribution >= 0.6 is 0 Å². The van der Waals surface area contributed by atoms with Crippen LogP contribution in [0, 0.1) is 13.8 Å². The van der Waals surface area contributed by atoms with Crippen LogP contribution in [0.1, 0.15) is 61.2 Å². The second-order valence-electron chi connectivity index (χ2n) is 7.85. The Hall–Kier alpha value is -1.78. The summed E-state index contributed by atoms with van der Waals surface area (Å²) in [4.78, 5) is 4.80. The molecule has 2 fully saturated rings. The number of ether oxygens (including phenoxy) is 1. The summed E-state index contributed by atoms with van der Waals surface area (Å²) < 4.78 is 44.1. The maximum atomic E-state index is 13.3. The molecule has 0 amide bonds. The van der Waals surface area contributed by atoms with Crippen molar-refractivity contribution in [3.63, 3.8) is 0 Å². The van der Waals surface area contributed by atoms with Gasteiger partial charge in [0.25, 0.3) is 0 Å². The minimum absolute atomic E-state index is 0.154. The molecule has 0 bridgehead atoms. The third-order valence-electron chi connectivity index (χ3n) is 5.74. The highest BCUT2D eigenvalue weighted by Crippen LogP contribution is 2.42. The summed E-state index contributed by atoms with van der Waals surface area (Å²) in [5, 5.41) is 8.06. The molecule has 1 unspecified atom stereocenters.